The third-order valence-corrected chi connectivity index (χ3v) is 3.16. The molecular formula is C13H18N2O2. The predicted octanol–water partition coefficient (Wildman–Crippen LogP) is 2.39. The predicted molar refractivity (Wildman–Crippen MR) is 66.7 cm³/mol. The smallest absolute Gasteiger partial charge is 0.339 e. The first-order valence-electron chi connectivity index (χ1n) is 6.02. The molecule has 1 aromatic heterocycles. The first-order chi connectivity index (χ1) is 8.04. The second-order valence-corrected chi connectivity index (χ2v) is 4.57. The van der Waals surface area contributed by atoms with Crippen molar-refractivity contribution in [2.24, 2.45) is 0 Å². The van der Waals surface area contributed by atoms with Crippen molar-refractivity contribution in [3.63, 3.8) is 0 Å². The minimum Gasteiger partial charge on any atom is -0.478 e. The first-order valence-corrected chi connectivity index (χ1v) is 6.02. The average Bonchev–Trinajstić information content (AvgIpc) is 3.01. The Morgan fingerprint density at radius 2 is 2.18 bits per heavy atom. The van der Waals surface area contributed by atoms with E-state index in [4.69, 9.17) is 0 Å². The van der Waals surface area contributed by atoms with E-state index in [0.29, 0.717) is 17.3 Å². The van der Waals surface area contributed by atoms with Crippen LogP contribution >= 0.6 is 0 Å². The molecule has 0 radical (unpaired) electrons. The molecule has 0 bridgehead atoms. The molecule has 1 aromatic rings. The molecule has 0 aromatic carbocycles. The number of aromatic nitrogens is 1. The van der Waals surface area contributed by atoms with Crippen molar-refractivity contribution >= 4 is 11.7 Å². The summed E-state index contributed by atoms with van der Waals surface area (Å²) >= 11 is 0. The molecule has 1 fully saturated rings. The molecule has 0 aliphatic heterocycles. The molecule has 4 heteroatoms. The minimum atomic E-state index is -0.885. The average molecular weight is 234 g/mol. The van der Waals surface area contributed by atoms with E-state index in [1.165, 1.54) is 0 Å². The van der Waals surface area contributed by atoms with Crippen LogP contribution in [0.2, 0.25) is 0 Å². The Balaban J connectivity index is 2.52. The molecule has 1 heterocycles. The van der Waals surface area contributed by atoms with Crippen LogP contribution in [0, 0.1) is 13.8 Å². The van der Waals surface area contributed by atoms with Gasteiger partial charge in [-0.25, -0.2) is 4.79 Å². The maximum atomic E-state index is 11.4. The van der Waals surface area contributed by atoms with Crippen molar-refractivity contribution in [1.82, 2.24) is 4.98 Å². The monoisotopic (exact) mass is 234 g/mol. The van der Waals surface area contributed by atoms with Crippen LogP contribution in [0.4, 0.5) is 5.69 Å². The molecule has 1 saturated carbocycles. The highest BCUT2D eigenvalue weighted by molar-refractivity contribution is 5.95. The van der Waals surface area contributed by atoms with Gasteiger partial charge in [-0.2, -0.15) is 0 Å². The molecule has 1 aliphatic carbocycles. The van der Waals surface area contributed by atoms with Gasteiger partial charge in [0.25, 0.3) is 0 Å². The number of carboxylic acids is 1. The Hall–Kier alpha value is -1.58. The summed E-state index contributed by atoms with van der Waals surface area (Å²) in [5, 5.41) is 9.32. The fourth-order valence-electron chi connectivity index (χ4n) is 2.31. The van der Waals surface area contributed by atoms with Crippen LogP contribution in [-0.4, -0.2) is 28.6 Å². The maximum Gasteiger partial charge on any atom is 0.339 e. The summed E-state index contributed by atoms with van der Waals surface area (Å²) in [5.74, 6) is -0.885. The lowest BCUT2D eigenvalue weighted by atomic mass is 10.1. The molecule has 4 nitrogen and oxygen atoms in total. The third-order valence-electron chi connectivity index (χ3n) is 3.16. The third kappa shape index (κ3) is 2.25. The van der Waals surface area contributed by atoms with Crippen molar-refractivity contribution in [2.75, 3.05) is 11.4 Å². The second kappa shape index (κ2) is 4.35. The summed E-state index contributed by atoms with van der Waals surface area (Å²) in [6.45, 7) is 6.58. The molecule has 0 amide bonds. The van der Waals surface area contributed by atoms with Gasteiger partial charge in [0.1, 0.15) is 5.56 Å². The van der Waals surface area contributed by atoms with Crippen molar-refractivity contribution < 1.29 is 9.90 Å². The number of anilines is 1. The maximum absolute atomic E-state index is 11.4. The topological polar surface area (TPSA) is 53.4 Å². The summed E-state index contributed by atoms with van der Waals surface area (Å²) in [6, 6.07) is 2.40. The molecule has 0 saturated heterocycles. The van der Waals surface area contributed by atoms with Gasteiger partial charge in [-0.3, -0.25) is 4.98 Å². The van der Waals surface area contributed by atoms with Crippen LogP contribution in [0.5, 0.6) is 0 Å². The number of pyridine rings is 1. The Morgan fingerprint density at radius 1 is 1.53 bits per heavy atom. The van der Waals surface area contributed by atoms with Crippen LogP contribution in [0.25, 0.3) is 0 Å². The van der Waals surface area contributed by atoms with Crippen LogP contribution in [0.3, 0.4) is 0 Å². The van der Waals surface area contributed by atoms with Gasteiger partial charge in [0.15, 0.2) is 0 Å². The zero-order valence-electron chi connectivity index (χ0n) is 10.5. The van der Waals surface area contributed by atoms with Crippen LogP contribution < -0.4 is 4.90 Å². The number of carboxylic acid groups (broad SMARTS) is 1. The van der Waals surface area contributed by atoms with E-state index >= 15 is 0 Å². The van der Waals surface area contributed by atoms with E-state index in [1.54, 1.807) is 6.92 Å². The lowest BCUT2D eigenvalue weighted by Gasteiger charge is -2.25. The number of rotatable bonds is 4. The molecule has 17 heavy (non-hydrogen) atoms. The molecule has 2 rings (SSSR count). The fourth-order valence-corrected chi connectivity index (χ4v) is 2.31. The molecule has 0 spiro atoms. The van der Waals surface area contributed by atoms with E-state index in [-0.39, 0.29) is 0 Å². The fraction of sp³-hybridized carbons (Fsp3) is 0.538. The Kier molecular flexibility index (Phi) is 3.05. The Bertz CT molecular complexity index is 453. The number of carbonyl (C=O) groups is 1. The molecule has 0 atom stereocenters. The number of hydrogen-bond donors (Lipinski definition) is 1. The minimum absolute atomic E-state index is 0.351. The van der Waals surface area contributed by atoms with Gasteiger partial charge in [0, 0.05) is 18.3 Å². The summed E-state index contributed by atoms with van der Waals surface area (Å²) in [5.41, 5.74) is 2.66. The SMILES string of the molecule is CCN(c1cc(C)nc(C)c1C(=O)O)C1CC1. The van der Waals surface area contributed by atoms with Crippen molar-refractivity contribution in [2.45, 2.75) is 39.7 Å². The van der Waals surface area contributed by atoms with Gasteiger partial charge in [0.2, 0.25) is 0 Å². The van der Waals surface area contributed by atoms with E-state index in [2.05, 4.69) is 16.8 Å². The zero-order valence-corrected chi connectivity index (χ0v) is 10.5. The highest BCUT2D eigenvalue weighted by Crippen LogP contribution is 2.34. The summed E-state index contributed by atoms with van der Waals surface area (Å²) in [7, 11) is 0. The number of aromatic carboxylic acids is 1. The van der Waals surface area contributed by atoms with Crippen molar-refractivity contribution in [3.8, 4) is 0 Å². The van der Waals surface area contributed by atoms with E-state index in [1.807, 2.05) is 13.0 Å². The summed E-state index contributed by atoms with van der Waals surface area (Å²) in [4.78, 5) is 17.8. The van der Waals surface area contributed by atoms with Gasteiger partial charge in [0.05, 0.1) is 11.4 Å². The van der Waals surface area contributed by atoms with E-state index < -0.39 is 5.97 Å². The molecule has 1 aliphatic rings. The largest absolute Gasteiger partial charge is 0.478 e. The Labute approximate surface area is 101 Å². The number of nitrogens with zero attached hydrogens (tertiary/aromatic N) is 2. The molecule has 1 N–H and O–H groups in total. The van der Waals surface area contributed by atoms with Crippen LogP contribution in [0.15, 0.2) is 6.07 Å². The normalized spacial score (nSPS) is 14.8. The van der Waals surface area contributed by atoms with E-state index in [9.17, 15) is 9.90 Å². The van der Waals surface area contributed by atoms with Gasteiger partial charge in [-0.15, -0.1) is 0 Å². The molecule has 92 valence electrons. The molecule has 0 unspecified atom stereocenters. The molecular weight excluding hydrogens is 216 g/mol. The van der Waals surface area contributed by atoms with Gasteiger partial charge >= 0.3 is 5.97 Å². The zero-order chi connectivity index (χ0) is 12.6. The lowest BCUT2D eigenvalue weighted by Crippen LogP contribution is -2.27. The standard InChI is InChI=1S/C13H18N2O2/c1-4-15(10-5-6-10)11-7-8(2)14-9(3)12(11)13(16)17/h7,10H,4-6H2,1-3H3,(H,16,17). The van der Waals surface area contributed by atoms with E-state index in [0.717, 1.165) is 30.8 Å². The number of aryl methyl sites for hydroxylation is 2. The Morgan fingerprint density at radius 3 is 2.65 bits per heavy atom. The highest BCUT2D eigenvalue weighted by atomic mass is 16.4. The van der Waals surface area contributed by atoms with Gasteiger partial charge in [-0.05, 0) is 39.7 Å². The van der Waals surface area contributed by atoms with Crippen molar-refractivity contribution in [1.29, 1.82) is 0 Å². The highest BCUT2D eigenvalue weighted by Gasteiger charge is 2.31. The summed E-state index contributed by atoms with van der Waals surface area (Å²) in [6.07, 6.45) is 2.32. The second-order valence-electron chi connectivity index (χ2n) is 4.57. The lowest BCUT2D eigenvalue weighted by molar-refractivity contribution is 0.0696. The summed E-state index contributed by atoms with van der Waals surface area (Å²) < 4.78 is 0. The quantitative estimate of drug-likeness (QED) is 0.869. The first kappa shape index (κ1) is 11.9. The van der Waals surface area contributed by atoms with Crippen LogP contribution in [-0.2, 0) is 0 Å². The van der Waals surface area contributed by atoms with Gasteiger partial charge < -0.3 is 10.0 Å². The van der Waals surface area contributed by atoms with Crippen LogP contribution in [0.1, 0.15) is 41.5 Å². The number of hydrogen-bond acceptors (Lipinski definition) is 3. The van der Waals surface area contributed by atoms with Crippen molar-refractivity contribution in [3.05, 3.63) is 23.0 Å². The van der Waals surface area contributed by atoms with Gasteiger partial charge in [-0.1, -0.05) is 0 Å².